The number of carbonyl (C=O) groups excluding carboxylic acids is 3. The molecule has 110 valence electrons. The van der Waals surface area contributed by atoms with E-state index in [1.165, 1.54) is 0 Å². The summed E-state index contributed by atoms with van der Waals surface area (Å²) in [5.41, 5.74) is -1.26. The van der Waals surface area contributed by atoms with Crippen LogP contribution in [0.25, 0.3) is 0 Å². The van der Waals surface area contributed by atoms with Gasteiger partial charge in [-0.1, -0.05) is 0 Å². The summed E-state index contributed by atoms with van der Waals surface area (Å²) < 4.78 is 9.95. The Kier molecular flexibility index (Phi) is 5.99. The Hall–Kier alpha value is -1.59. The topological polar surface area (TPSA) is 81.7 Å². The van der Waals surface area contributed by atoms with Gasteiger partial charge in [-0.25, -0.2) is 4.79 Å². The van der Waals surface area contributed by atoms with E-state index < -0.39 is 29.0 Å². The van der Waals surface area contributed by atoms with E-state index in [9.17, 15) is 14.4 Å². The number of nitrogens with one attached hydrogen (secondary N) is 1. The van der Waals surface area contributed by atoms with Crippen molar-refractivity contribution in [3.8, 4) is 0 Å². The second-order valence-corrected chi connectivity index (χ2v) is 6.16. The normalized spacial score (nSPS) is 11.7. The summed E-state index contributed by atoms with van der Waals surface area (Å²) >= 11 is 0. The van der Waals surface area contributed by atoms with E-state index in [4.69, 9.17) is 9.47 Å². The number of carbonyl (C=O) groups is 3. The molecule has 0 saturated heterocycles. The smallest absolute Gasteiger partial charge is 0.408 e. The fourth-order valence-electron chi connectivity index (χ4n) is 1.09. The molecule has 0 rings (SSSR count). The molecule has 0 aromatic rings. The van der Waals surface area contributed by atoms with Crippen LogP contribution >= 0.6 is 0 Å². The molecule has 0 unspecified atom stereocenters. The Bertz CT molecular complexity index is 349. The average Bonchev–Trinajstić information content (AvgIpc) is 2.08. The fraction of sp³-hybridized carbons (Fsp3) is 0.769. The molecule has 0 atom stereocenters. The van der Waals surface area contributed by atoms with E-state index in [2.05, 4.69) is 5.32 Å². The van der Waals surface area contributed by atoms with Crippen molar-refractivity contribution in [2.45, 2.75) is 59.2 Å². The number of hydrogen-bond acceptors (Lipinski definition) is 5. The van der Waals surface area contributed by atoms with Crippen molar-refractivity contribution in [1.82, 2.24) is 5.32 Å². The molecule has 1 N–H and O–H groups in total. The van der Waals surface area contributed by atoms with Gasteiger partial charge >= 0.3 is 12.1 Å². The second-order valence-electron chi connectivity index (χ2n) is 6.16. The van der Waals surface area contributed by atoms with Crippen molar-refractivity contribution in [1.29, 1.82) is 0 Å². The van der Waals surface area contributed by atoms with Gasteiger partial charge in [-0.3, -0.25) is 9.59 Å². The number of alkyl carbamates (subject to hydrolysis) is 1. The number of hydrogen-bond donors (Lipinski definition) is 1. The molecular weight excluding hydrogens is 250 g/mol. The SMILES string of the molecule is CC(C)(C)OC(=O)CC(=O)CNC(=O)OC(C)(C)C. The Morgan fingerprint density at radius 2 is 1.37 bits per heavy atom. The Balaban J connectivity index is 4.00. The summed E-state index contributed by atoms with van der Waals surface area (Å²) in [7, 11) is 0. The predicted octanol–water partition coefficient (Wildman–Crippen LogP) is 1.81. The molecule has 6 nitrogen and oxygen atoms in total. The van der Waals surface area contributed by atoms with E-state index in [1.807, 2.05) is 0 Å². The van der Waals surface area contributed by atoms with Gasteiger partial charge in [-0.15, -0.1) is 0 Å². The Morgan fingerprint density at radius 3 is 1.79 bits per heavy atom. The monoisotopic (exact) mass is 273 g/mol. The molecule has 0 bridgehead atoms. The molecule has 0 saturated carbocycles. The highest BCUT2D eigenvalue weighted by Gasteiger charge is 2.20. The van der Waals surface area contributed by atoms with E-state index in [-0.39, 0.29) is 13.0 Å². The van der Waals surface area contributed by atoms with Crippen molar-refractivity contribution in [3.05, 3.63) is 0 Å². The molecule has 0 aromatic heterocycles. The first-order chi connectivity index (χ1) is 8.39. The maximum atomic E-state index is 11.4. The van der Waals surface area contributed by atoms with Gasteiger partial charge in [-0.2, -0.15) is 0 Å². The highest BCUT2D eigenvalue weighted by Crippen LogP contribution is 2.08. The molecule has 0 aliphatic heterocycles. The summed E-state index contributed by atoms with van der Waals surface area (Å²) in [6.07, 6.45) is -1.06. The molecule has 1 amide bonds. The van der Waals surface area contributed by atoms with Gasteiger partial charge in [0.05, 0.1) is 6.54 Å². The van der Waals surface area contributed by atoms with E-state index in [0.717, 1.165) is 0 Å². The van der Waals surface area contributed by atoms with Crippen molar-refractivity contribution in [2.24, 2.45) is 0 Å². The van der Waals surface area contributed by atoms with E-state index in [1.54, 1.807) is 41.5 Å². The molecule has 0 radical (unpaired) electrons. The standard InChI is InChI=1S/C13H23NO5/c1-12(2,3)18-10(16)7-9(15)8-14-11(17)19-13(4,5)6/h7-8H2,1-6H3,(H,14,17). The molecule has 19 heavy (non-hydrogen) atoms. The van der Waals surface area contributed by atoms with E-state index >= 15 is 0 Å². The van der Waals surface area contributed by atoms with Crippen LogP contribution in [0.4, 0.5) is 4.79 Å². The quantitative estimate of drug-likeness (QED) is 0.624. The number of ether oxygens (including phenoxy) is 2. The highest BCUT2D eigenvalue weighted by molar-refractivity contribution is 5.97. The summed E-state index contributed by atoms with van der Waals surface area (Å²) in [5.74, 6) is -1.04. The van der Waals surface area contributed by atoms with E-state index in [0.29, 0.717) is 0 Å². The molecule has 0 aromatic carbocycles. The van der Waals surface area contributed by atoms with Gasteiger partial charge in [0.15, 0.2) is 5.78 Å². The summed E-state index contributed by atoms with van der Waals surface area (Å²) in [4.78, 5) is 34.1. The third-order valence-electron chi connectivity index (χ3n) is 1.59. The Morgan fingerprint density at radius 1 is 0.895 bits per heavy atom. The van der Waals surface area contributed by atoms with Gasteiger partial charge in [0, 0.05) is 0 Å². The van der Waals surface area contributed by atoms with Crippen LogP contribution in [0, 0.1) is 0 Å². The van der Waals surface area contributed by atoms with Crippen LogP contribution in [-0.2, 0) is 19.1 Å². The molecule has 0 aliphatic rings. The lowest BCUT2D eigenvalue weighted by molar-refractivity contribution is -0.156. The van der Waals surface area contributed by atoms with Crippen LogP contribution < -0.4 is 5.32 Å². The third kappa shape index (κ3) is 11.2. The maximum absolute atomic E-state index is 11.4. The van der Waals surface area contributed by atoms with Crippen LogP contribution in [0.2, 0.25) is 0 Å². The molecule has 0 fully saturated rings. The minimum Gasteiger partial charge on any atom is -0.460 e. The van der Waals surface area contributed by atoms with Gasteiger partial charge < -0.3 is 14.8 Å². The largest absolute Gasteiger partial charge is 0.460 e. The lowest BCUT2D eigenvalue weighted by Gasteiger charge is -2.20. The van der Waals surface area contributed by atoms with Gasteiger partial charge in [0.25, 0.3) is 0 Å². The van der Waals surface area contributed by atoms with Crippen molar-refractivity contribution < 1.29 is 23.9 Å². The summed E-state index contributed by atoms with van der Waals surface area (Å²) in [6, 6.07) is 0. The summed E-state index contributed by atoms with van der Waals surface area (Å²) in [5, 5.41) is 2.29. The van der Waals surface area contributed by atoms with Gasteiger partial charge in [0.1, 0.15) is 17.6 Å². The molecule has 0 heterocycles. The zero-order valence-corrected chi connectivity index (χ0v) is 12.5. The number of rotatable bonds is 4. The van der Waals surface area contributed by atoms with Crippen LogP contribution in [0.15, 0.2) is 0 Å². The highest BCUT2D eigenvalue weighted by atomic mass is 16.6. The molecule has 0 spiro atoms. The third-order valence-corrected chi connectivity index (χ3v) is 1.59. The van der Waals surface area contributed by atoms with Crippen LogP contribution in [0.5, 0.6) is 0 Å². The zero-order chi connectivity index (χ0) is 15.3. The lowest BCUT2D eigenvalue weighted by Crippen LogP contribution is -2.36. The summed E-state index contributed by atoms with van der Waals surface area (Å²) in [6.45, 7) is 10.0. The first-order valence-corrected chi connectivity index (χ1v) is 6.09. The average molecular weight is 273 g/mol. The number of Topliss-reactive ketones (excluding diaryl/α,β-unsaturated/α-hetero) is 1. The fourth-order valence-corrected chi connectivity index (χ4v) is 1.09. The molecule has 0 aliphatic carbocycles. The Labute approximate surface area is 113 Å². The van der Waals surface area contributed by atoms with Gasteiger partial charge in [0.2, 0.25) is 0 Å². The first kappa shape index (κ1) is 17.4. The van der Waals surface area contributed by atoms with Crippen molar-refractivity contribution in [3.63, 3.8) is 0 Å². The number of amides is 1. The maximum Gasteiger partial charge on any atom is 0.408 e. The number of esters is 1. The lowest BCUT2D eigenvalue weighted by atomic mass is 10.2. The minimum absolute atomic E-state index is 0.256. The first-order valence-electron chi connectivity index (χ1n) is 6.09. The van der Waals surface area contributed by atoms with Gasteiger partial charge in [-0.05, 0) is 41.5 Å². The number of ketones is 1. The zero-order valence-electron chi connectivity index (χ0n) is 12.5. The minimum atomic E-state index is -0.690. The van der Waals surface area contributed by atoms with Crippen LogP contribution in [-0.4, -0.2) is 35.6 Å². The second kappa shape index (κ2) is 6.54. The molecular formula is C13H23NO5. The van der Waals surface area contributed by atoms with Crippen molar-refractivity contribution in [2.75, 3.05) is 6.54 Å². The van der Waals surface area contributed by atoms with Crippen LogP contribution in [0.3, 0.4) is 0 Å². The molecule has 6 heteroatoms. The van der Waals surface area contributed by atoms with Crippen LogP contribution in [0.1, 0.15) is 48.0 Å². The predicted molar refractivity (Wildman–Crippen MR) is 69.7 cm³/mol. The van der Waals surface area contributed by atoms with Crippen molar-refractivity contribution >= 4 is 17.8 Å².